The van der Waals surface area contributed by atoms with E-state index in [9.17, 15) is 9.59 Å². The van der Waals surface area contributed by atoms with Crippen LogP contribution >= 0.6 is 11.3 Å². The molecule has 0 amide bonds. The average Bonchev–Trinajstić information content (AvgIpc) is 3.63. The predicted octanol–water partition coefficient (Wildman–Crippen LogP) is 5.59. The number of benzene rings is 2. The molecule has 2 atom stereocenters. The molecule has 1 aliphatic carbocycles. The Labute approximate surface area is 224 Å². The van der Waals surface area contributed by atoms with Crippen LogP contribution in [0.5, 0.6) is 17.2 Å². The number of hydrogen-bond acceptors (Lipinski definition) is 8. The number of thiophene rings is 1. The van der Waals surface area contributed by atoms with E-state index in [1.807, 2.05) is 60.8 Å². The smallest absolute Gasteiger partial charge is 0.337 e. The van der Waals surface area contributed by atoms with Crippen molar-refractivity contribution >= 4 is 23.1 Å². The quantitative estimate of drug-likeness (QED) is 0.417. The summed E-state index contributed by atoms with van der Waals surface area (Å²) in [6.45, 7) is 2.12. The molecule has 0 saturated heterocycles. The number of ketones is 1. The van der Waals surface area contributed by atoms with Crippen LogP contribution in [-0.2, 0) is 20.9 Å². The fourth-order valence-corrected chi connectivity index (χ4v) is 6.24. The van der Waals surface area contributed by atoms with E-state index in [2.05, 4.69) is 11.4 Å². The molecule has 3 aliphatic rings. The van der Waals surface area contributed by atoms with Crippen molar-refractivity contribution in [3.63, 3.8) is 0 Å². The lowest BCUT2D eigenvalue weighted by atomic mass is 9.72. The fourth-order valence-electron chi connectivity index (χ4n) is 5.41. The number of Topliss-reactive ketones (excluding diaryl/α,β-unsaturated/α-hetero) is 1. The van der Waals surface area contributed by atoms with E-state index >= 15 is 0 Å². The highest BCUT2D eigenvalue weighted by atomic mass is 32.1. The van der Waals surface area contributed by atoms with Gasteiger partial charge in [-0.25, -0.2) is 4.79 Å². The van der Waals surface area contributed by atoms with Crippen molar-refractivity contribution in [3.05, 3.63) is 98.5 Å². The Morgan fingerprint density at radius 3 is 2.66 bits per heavy atom. The average molecular weight is 530 g/mol. The van der Waals surface area contributed by atoms with Crippen LogP contribution in [0.15, 0.2) is 82.5 Å². The maximum Gasteiger partial charge on any atom is 0.337 e. The van der Waals surface area contributed by atoms with Gasteiger partial charge in [0.1, 0.15) is 12.4 Å². The van der Waals surface area contributed by atoms with Gasteiger partial charge in [0.05, 0.1) is 12.7 Å². The minimum Gasteiger partial charge on any atom is -0.497 e. The third-order valence-corrected chi connectivity index (χ3v) is 8.29. The van der Waals surface area contributed by atoms with Crippen molar-refractivity contribution in [2.24, 2.45) is 0 Å². The van der Waals surface area contributed by atoms with E-state index in [0.29, 0.717) is 41.2 Å². The monoisotopic (exact) mass is 529 g/mol. The lowest BCUT2D eigenvalue weighted by molar-refractivity contribution is -0.140. The summed E-state index contributed by atoms with van der Waals surface area (Å²) < 4.78 is 22.1. The molecule has 0 fully saturated rings. The Morgan fingerprint density at radius 1 is 1.08 bits per heavy atom. The van der Waals surface area contributed by atoms with E-state index in [4.69, 9.17) is 18.9 Å². The first kappa shape index (κ1) is 24.3. The van der Waals surface area contributed by atoms with Crippen LogP contribution in [0.1, 0.15) is 47.6 Å². The summed E-state index contributed by atoms with van der Waals surface area (Å²) in [5.74, 6) is 1.10. The maximum atomic E-state index is 13.7. The first-order chi connectivity index (χ1) is 18.5. The molecule has 8 heteroatoms. The molecule has 3 heterocycles. The summed E-state index contributed by atoms with van der Waals surface area (Å²) in [5, 5.41) is 5.44. The van der Waals surface area contributed by atoms with Gasteiger partial charge in [-0.15, -0.1) is 11.3 Å². The van der Waals surface area contributed by atoms with Crippen LogP contribution in [0.4, 0.5) is 0 Å². The van der Waals surface area contributed by atoms with Gasteiger partial charge < -0.3 is 24.3 Å². The number of rotatable bonds is 6. The van der Waals surface area contributed by atoms with Crippen LogP contribution < -0.4 is 19.5 Å². The number of fused-ring (bicyclic) bond motifs is 1. The zero-order chi connectivity index (χ0) is 26.2. The SMILES string of the molecule is COc1ccc(COC(=O)C2=C(C)NC3=C(C(=O)CC(c4cccs4)C3)C2c2ccc3c(c2)OCO3)cc1. The van der Waals surface area contributed by atoms with Gasteiger partial charge in [-0.3, -0.25) is 4.79 Å². The largest absolute Gasteiger partial charge is 0.497 e. The Morgan fingerprint density at radius 2 is 1.89 bits per heavy atom. The first-order valence-corrected chi connectivity index (χ1v) is 13.4. The van der Waals surface area contributed by atoms with Gasteiger partial charge in [0.15, 0.2) is 17.3 Å². The van der Waals surface area contributed by atoms with E-state index < -0.39 is 11.9 Å². The maximum absolute atomic E-state index is 13.7. The number of ether oxygens (including phenoxy) is 4. The number of hydrogen-bond donors (Lipinski definition) is 1. The molecule has 3 aromatic rings. The minimum atomic E-state index is -0.569. The van der Waals surface area contributed by atoms with Crippen molar-refractivity contribution in [3.8, 4) is 17.2 Å². The second-order valence-electron chi connectivity index (χ2n) is 9.57. The van der Waals surface area contributed by atoms with Crippen LogP contribution in [0.25, 0.3) is 0 Å². The molecule has 1 aromatic heterocycles. The standard InChI is InChI=1S/C30H27NO6S/c1-17-27(30(33)35-15-18-5-8-21(34-2)9-6-18)28(19-7-10-24-25(14-19)37-16-36-24)29-22(31-17)12-20(13-23(29)32)26-4-3-11-38-26/h3-11,14,20,28,31H,12-13,15-16H2,1-2H3. The molecule has 194 valence electrons. The van der Waals surface area contributed by atoms with Gasteiger partial charge in [-0.1, -0.05) is 24.3 Å². The highest BCUT2D eigenvalue weighted by Crippen LogP contribution is 2.48. The van der Waals surface area contributed by atoms with Crippen LogP contribution in [0.3, 0.4) is 0 Å². The van der Waals surface area contributed by atoms with Gasteiger partial charge in [0, 0.05) is 40.1 Å². The number of dihydropyridines is 1. The van der Waals surface area contributed by atoms with E-state index in [-0.39, 0.29) is 25.1 Å². The highest BCUT2D eigenvalue weighted by molar-refractivity contribution is 7.10. The van der Waals surface area contributed by atoms with Gasteiger partial charge >= 0.3 is 5.97 Å². The molecule has 7 nitrogen and oxygen atoms in total. The van der Waals surface area contributed by atoms with Crippen molar-refractivity contribution in [2.75, 3.05) is 13.9 Å². The first-order valence-electron chi connectivity index (χ1n) is 12.5. The second kappa shape index (κ2) is 10.0. The lowest BCUT2D eigenvalue weighted by Gasteiger charge is -2.36. The number of esters is 1. The van der Waals surface area contributed by atoms with Crippen molar-refractivity contribution < 1.29 is 28.5 Å². The Balaban J connectivity index is 1.35. The number of nitrogens with one attached hydrogen (secondary N) is 1. The number of allylic oxidation sites excluding steroid dienone is 3. The molecule has 2 aliphatic heterocycles. The van der Waals surface area contributed by atoms with Crippen LogP contribution in [0, 0.1) is 0 Å². The third kappa shape index (κ3) is 4.45. The zero-order valence-electron chi connectivity index (χ0n) is 21.1. The van der Waals surface area contributed by atoms with E-state index in [0.717, 1.165) is 22.6 Å². The number of methoxy groups -OCH3 is 1. The van der Waals surface area contributed by atoms with Gasteiger partial charge in [-0.2, -0.15) is 0 Å². The normalized spacial score (nSPS) is 20.2. The van der Waals surface area contributed by atoms with E-state index in [1.54, 1.807) is 18.4 Å². The van der Waals surface area contributed by atoms with Crippen molar-refractivity contribution in [1.29, 1.82) is 0 Å². The second-order valence-corrected chi connectivity index (χ2v) is 10.5. The van der Waals surface area contributed by atoms with Crippen LogP contribution in [0.2, 0.25) is 0 Å². The Bertz CT molecular complexity index is 1450. The van der Waals surface area contributed by atoms with Crippen molar-refractivity contribution in [2.45, 2.75) is 38.2 Å². The summed E-state index contributed by atoms with van der Waals surface area (Å²) in [6, 6.07) is 17.1. The molecule has 0 radical (unpaired) electrons. The molecule has 0 saturated carbocycles. The Hall–Kier alpha value is -4.04. The number of carbonyl (C=O) groups is 2. The predicted molar refractivity (Wildman–Crippen MR) is 142 cm³/mol. The minimum absolute atomic E-state index is 0.0350. The molecule has 0 spiro atoms. The highest BCUT2D eigenvalue weighted by Gasteiger charge is 2.42. The van der Waals surface area contributed by atoms with E-state index in [1.165, 1.54) is 4.88 Å². The fraction of sp³-hybridized carbons (Fsp3) is 0.267. The molecular formula is C30H27NO6S. The van der Waals surface area contributed by atoms with Gasteiger partial charge in [0.2, 0.25) is 6.79 Å². The molecule has 2 aromatic carbocycles. The topological polar surface area (TPSA) is 83.1 Å². The van der Waals surface area contributed by atoms with Gasteiger partial charge in [0.25, 0.3) is 0 Å². The molecule has 0 bridgehead atoms. The molecular weight excluding hydrogens is 502 g/mol. The molecule has 38 heavy (non-hydrogen) atoms. The summed E-state index contributed by atoms with van der Waals surface area (Å²) >= 11 is 1.67. The van der Waals surface area contributed by atoms with Gasteiger partial charge in [-0.05, 0) is 60.2 Å². The summed E-state index contributed by atoms with van der Waals surface area (Å²) in [5.41, 5.74) is 4.24. The molecule has 6 rings (SSSR count). The van der Waals surface area contributed by atoms with Crippen molar-refractivity contribution in [1.82, 2.24) is 5.32 Å². The zero-order valence-corrected chi connectivity index (χ0v) is 21.9. The third-order valence-electron chi connectivity index (χ3n) is 7.25. The summed E-state index contributed by atoms with van der Waals surface area (Å²) in [4.78, 5) is 28.5. The lowest BCUT2D eigenvalue weighted by Crippen LogP contribution is -2.36. The van der Waals surface area contributed by atoms with Crippen LogP contribution in [-0.4, -0.2) is 25.7 Å². The summed E-state index contributed by atoms with van der Waals surface area (Å²) in [6.07, 6.45) is 1.10. The molecule has 2 unspecified atom stereocenters. The Kier molecular flexibility index (Phi) is 6.41. The number of carbonyl (C=O) groups excluding carboxylic acids is 2. The molecule has 1 N–H and O–H groups in total. The summed E-state index contributed by atoms with van der Waals surface area (Å²) in [7, 11) is 1.61.